The number of hydrogen-bond donors (Lipinski definition) is 3. The number of imide groups is 1. The molecule has 8 heteroatoms. The topological polar surface area (TPSA) is 108 Å². The number of hydrogen-bond acceptors (Lipinski definition) is 4. The third-order valence-electron chi connectivity index (χ3n) is 6.19. The maximum atomic E-state index is 13.8. The van der Waals surface area contributed by atoms with E-state index in [2.05, 4.69) is 16.0 Å². The molecule has 0 radical (unpaired) electrons. The highest BCUT2D eigenvalue weighted by atomic mass is 16.2. The minimum absolute atomic E-state index is 0.295. The third-order valence-corrected chi connectivity index (χ3v) is 6.19. The summed E-state index contributed by atoms with van der Waals surface area (Å²) >= 11 is 0. The van der Waals surface area contributed by atoms with Crippen molar-refractivity contribution in [2.45, 2.75) is 19.4 Å². The van der Waals surface area contributed by atoms with E-state index in [1.54, 1.807) is 42.5 Å². The van der Waals surface area contributed by atoms with Gasteiger partial charge < -0.3 is 16.0 Å². The van der Waals surface area contributed by atoms with Crippen LogP contribution in [0.4, 0.5) is 10.5 Å². The molecule has 35 heavy (non-hydrogen) atoms. The van der Waals surface area contributed by atoms with Crippen LogP contribution in [0.5, 0.6) is 0 Å². The lowest BCUT2D eigenvalue weighted by molar-refractivity contribution is -0.133. The zero-order valence-electron chi connectivity index (χ0n) is 19.7. The summed E-state index contributed by atoms with van der Waals surface area (Å²) in [5, 5.41) is 8.03. The molecule has 0 saturated carbocycles. The monoisotopic (exact) mass is 470 g/mol. The molecule has 5 amide bonds. The van der Waals surface area contributed by atoms with E-state index in [-0.39, 0.29) is 5.91 Å². The van der Waals surface area contributed by atoms with Crippen molar-refractivity contribution >= 4 is 29.4 Å². The molecule has 1 aliphatic rings. The Kier molecular flexibility index (Phi) is 6.38. The van der Waals surface area contributed by atoms with Gasteiger partial charge >= 0.3 is 6.03 Å². The Bertz CT molecular complexity index is 1320. The van der Waals surface area contributed by atoms with E-state index in [0.29, 0.717) is 22.4 Å². The Morgan fingerprint density at radius 2 is 1.63 bits per heavy atom. The first-order valence-electron chi connectivity index (χ1n) is 11.2. The smallest absolute Gasteiger partial charge is 0.326 e. The summed E-state index contributed by atoms with van der Waals surface area (Å²) in [6, 6.07) is 20.3. The molecule has 1 fully saturated rings. The number of amides is 5. The Balaban J connectivity index is 1.64. The summed E-state index contributed by atoms with van der Waals surface area (Å²) in [7, 11) is 1.51. The molecule has 3 aromatic carbocycles. The van der Waals surface area contributed by atoms with E-state index in [1.807, 2.05) is 38.1 Å². The van der Waals surface area contributed by atoms with Gasteiger partial charge in [0.1, 0.15) is 6.54 Å². The van der Waals surface area contributed by atoms with Crippen LogP contribution in [0, 0.1) is 13.8 Å². The Morgan fingerprint density at radius 3 is 2.31 bits per heavy atom. The minimum Gasteiger partial charge on any atom is -0.355 e. The number of aryl methyl sites for hydroxylation is 2. The fraction of sp³-hybridized carbons (Fsp3) is 0.185. The van der Waals surface area contributed by atoms with Crippen molar-refractivity contribution in [3.05, 3.63) is 101 Å². The van der Waals surface area contributed by atoms with E-state index in [4.69, 9.17) is 0 Å². The molecule has 0 aromatic heterocycles. The highest BCUT2D eigenvalue weighted by Gasteiger charge is 2.54. The Hall–Kier alpha value is -4.46. The van der Waals surface area contributed by atoms with E-state index in [0.717, 1.165) is 16.0 Å². The first-order valence-corrected chi connectivity index (χ1v) is 11.2. The van der Waals surface area contributed by atoms with Gasteiger partial charge in [0.25, 0.3) is 11.8 Å². The number of benzene rings is 3. The molecule has 1 aliphatic heterocycles. The van der Waals surface area contributed by atoms with Gasteiger partial charge in [-0.3, -0.25) is 19.3 Å². The van der Waals surface area contributed by atoms with Crippen LogP contribution >= 0.6 is 0 Å². The lowest BCUT2D eigenvalue weighted by Gasteiger charge is -2.28. The van der Waals surface area contributed by atoms with Crippen LogP contribution in [0.15, 0.2) is 72.8 Å². The van der Waals surface area contributed by atoms with Gasteiger partial charge in [-0.25, -0.2) is 4.79 Å². The van der Waals surface area contributed by atoms with Crippen LogP contribution in [0.25, 0.3) is 0 Å². The van der Waals surface area contributed by atoms with Gasteiger partial charge in [0.15, 0.2) is 5.54 Å². The molecule has 4 rings (SSSR count). The quantitative estimate of drug-likeness (QED) is 0.481. The lowest BCUT2D eigenvalue weighted by Crippen LogP contribution is -2.45. The number of anilines is 1. The van der Waals surface area contributed by atoms with Crippen LogP contribution < -0.4 is 16.0 Å². The Morgan fingerprint density at radius 1 is 0.886 bits per heavy atom. The summed E-state index contributed by atoms with van der Waals surface area (Å²) in [6.45, 7) is 3.43. The van der Waals surface area contributed by atoms with Gasteiger partial charge in [0.2, 0.25) is 5.91 Å². The standard InChI is InChI=1S/C27H26N4O4/c1-17-12-13-21(14-18(17)2)27(20-9-5-4-6-10-20)25(34)31(26(35)30-27)16-23(32)29-22-11-7-8-19(15-22)24(33)28-3/h4-15H,16H2,1-3H3,(H,28,33)(H,29,32)(H,30,35). The predicted molar refractivity (Wildman–Crippen MR) is 132 cm³/mol. The third kappa shape index (κ3) is 4.38. The second kappa shape index (κ2) is 9.42. The highest BCUT2D eigenvalue weighted by Crippen LogP contribution is 2.36. The molecule has 1 unspecified atom stereocenters. The Labute approximate surface area is 203 Å². The van der Waals surface area contributed by atoms with E-state index in [1.165, 1.54) is 13.1 Å². The second-order valence-electron chi connectivity index (χ2n) is 8.44. The molecule has 8 nitrogen and oxygen atoms in total. The van der Waals surface area contributed by atoms with Crippen LogP contribution in [0.3, 0.4) is 0 Å². The number of nitrogens with zero attached hydrogens (tertiary/aromatic N) is 1. The van der Waals surface area contributed by atoms with Gasteiger partial charge in [0, 0.05) is 18.3 Å². The molecule has 3 N–H and O–H groups in total. The second-order valence-corrected chi connectivity index (χ2v) is 8.44. The summed E-state index contributed by atoms with van der Waals surface area (Å²) < 4.78 is 0. The zero-order chi connectivity index (χ0) is 25.2. The number of carbonyl (C=O) groups is 4. The predicted octanol–water partition coefficient (Wildman–Crippen LogP) is 3.10. The van der Waals surface area contributed by atoms with Crippen molar-refractivity contribution in [1.29, 1.82) is 0 Å². The van der Waals surface area contributed by atoms with E-state index < -0.39 is 29.9 Å². The van der Waals surface area contributed by atoms with Gasteiger partial charge in [-0.05, 0) is 54.3 Å². The van der Waals surface area contributed by atoms with Crippen molar-refractivity contribution in [2.24, 2.45) is 0 Å². The van der Waals surface area contributed by atoms with Gasteiger partial charge in [0.05, 0.1) is 0 Å². The number of urea groups is 1. The molecule has 0 spiro atoms. The molecular weight excluding hydrogens is 444 g/mol. The van der Waals surface area contributed by atoms with Crippen molar-refractivity contribution in [1.82, 2.24) is 15.5 Å². The van der Waals surface area contributed by atoms with Gasteiger partial charge in [-0.1, -0.05) is 54.6 Å². The highest BCUT2D eigenvalue weighted by molar-refractivity contribution is 6.12. The molecule has 1 saturated heterocycles. The molecule has 3 aromatic rings. The molecule has 178 valence electrons. The van der Waals surface area contributed by atoms with Crippen molar-refractivity contribution in [3.63, 3.8) is 0 Å². The fourth-order valence-corrected chi connectivity index (χ4v) is 4.17. The van der Waals surface area contributed by atoms with Crippen molar-refractivity contribution < 1.29 is 19.2 Å². The average Bonchev–Trinajstić information content (AvgIpc) is 3.11. The summed E-state index contributed by atoms with van der Waals surface area (Å²) in [5.41, 5.74) is 2.56. The molecule has 1 heterocycles. The maximum absolute atomic E-state index is 13.8. The summed E-state index contributed by atoms with van der Waals surface area (Å²) in [5.74, 6) is -1.39. The van der Waals surface area contributed by atoms with Gasteiger partial charge in [-0.15, -0.1) is 0 Å². The normalized spacial score (nSPS) is 17.2. The number of nitrogens with one attached hydrogen (secondary N) is 3. The van der Waals surface area contributed by atoms with E-state index in [9.17, 15) is 19.2 Å². The summed E-state index contributed by atoms with van der Waals surface area (Å²) in [6.07, 6.45) is 0. The van der Waals surface area contributed by atoms with Crippen LogP contribution in [0.1, 0.15) is 32.6 Å². The largest absolute Gasteiger partial charge is 0.355 e. The minimum atomic E-state index is -1.45. The molecule has 0 aliphatic carbocycles. The number of carbonyl (C=O) groups excluding carboxylic acids is 4. The average molecular weight is 471 g/mol. The fourth-order valence-electron chi connectivity index (χ4n) is 4.17. The molecular formula is C27H26N4O4. The van der Waals surface area contributed by atoms with Crippen LogP contribution in [-0.2, 0) is 15.1 Å². The van der Waals surface area contributed by atoms with Crippen molar-refractivity contribution in [3.8, 4) is 0 Å². The first-order chi connectivity index (χ1) is 16.8. The zero-order valence-corrected chi connectivity index (χ0v) is 19.7. The first kappa shape index (κ1) is 23.7. The lowest BCUT2D eigenvalue weighted by atomic mass is 9.81. The number of rotatable bonds is 6. The van der Waals surface area contributed by atoms with Crippen LogP contribution in [0.2, 0.25) is 0 Å². The van der Waals surface area contributed by atoms with Crippen molar-refractivity contribution in [2.75, 3.05) is 18.9 Å². The SMILES string of the molecule is CNC(=O)c1cccc(NC(=O)CN2C(=O)NC(c3ccccc3)(c3ccc(C)c(C)c3)C2=O)c1. The summed E-state index contributed by atoms with van der Waals surface area (Å²) in [4.78, 5) is 52.4. The van der Waals surface area contributed by atoms with E-state index >= 15 is 0 Å². The van der Waals surface area contributed by atoms with Crippen LogP contribution in [-0.4, -0.2) is 42.2 Å². The maximum Gasteiger partial charge on any atom is 0.326 e. The molecule has 1 atom stereocenters. The molecule has 0 bridgehead atoms. The van der Waals surface area contributed by atoms with Gasteiger partial charge in [-0.2, -0.15) is 0 Å².